The van der Waals surface area contributed by atoms with E-state index in [4.69, 9.17) is 0 Å². The fourth-order valence-electron chi connectivity index (χ4n) is 4.48. The number of hydrogen-bond acceptors (Lipinski definition) is 4. The third-order valence-corrected chi connectivity index (χ3v) is 6.41. The maximum Gasteiger partial charge on any atom is 0.274 e. The van der Waals surface area contributed by atoms with Crippen LogP contribution in [-0.2, 0) is 5.60 Å². The first-order chi connectivity index (χ1) is 12.2. The Labute approximate surface area is 154 Å². The minimum atomic E-state index is -1.07. The van der Waals surface area contributed by atoms with Crippen LogP contribution in [0.4, 0.5) is 0 Å². The number of aromatic nitrogens is 3. The summed E-state index contributed by atoms with van der Waals surface area (Å²) in [5, 5.41) is 13.4. The highest BCUT2D eigenvalue weighted by atomic mass is 16.3. The maximum absolute atomic E-state index is 12.8. The fourth-order valence-corrected chi connectivity index (χ4v) is 4.48. The first kappa shape index (κ1) is 17.5. The Bertz CT molecular complexity index is 853. The van der Waals surface area contributed by atoms with Crippen molar-refractivity contribution >= 4 is 11.6 Å². The number of nitrogens with one attached hydrogen (secondary N) is 1. The number of carbonyl (C=O) groups is 1. The van der Waals surface area contributed by atoms with Crippen LogP contribution in [0.25, 0.3) is 5.65 Å². The van der Waals surface area contributed by atoms with Gasteiger partial charge in [0.25, 0.3) is 5.91 Å². The molecule has 2 aromatic heterocycles. The summed E-state index contributed by atoms with van der Waals surface area (Å²) >= 11 is 0. The van der Waals surface area contributed by atoms with E-state index in [1.54, 1.807) is 24.6 Å². The van der Waals surface area contributed by atoms with Crippen molar-refractivity contribution in [2.75, 3.05) is 0 Å². The van der Waals surface area contributed by atoms with E-state index in [9.17, 15) is 9.90 Å². The summed E-state index contributed by atoms with van der Waals surface area (Å²) in [4.78, 5) is 21.6. The first-order valence-corrected chi connectivity index (χ1v) is 9.57. The van der Waals surface area contributed by atoms with Crippen molar-refractivity contribution in [1.29, 1.82) is 0 Å². The van der Waals surface area contributed by atoms with E-state index in [0.29, 0.717) is 28.4 Å². The molecule has 2 aliphatic carbocycles. The summed E-state index contributed by atoms with van der Waals surface area (Å²) in [5.74, 6) is 0.379. The summed E-state index contributed by atoms with van der Waals surface area (Å²) in [5.41, 5.74) is 1.78. The number of aliphatic hydroxyl groups is 1. The molecule has 2 heterocycles. The summed E-state index contributed by atoms with van der Waals surface area (Å²) in [6.45, 7) is 7.39. The van der Waals surface area contributed by atoms with Crippen LogP contribution < -0.4 is 5.32 Å². The van der Waals surface area contributed by atoms with Crippen molar-refractivity contribution < 1.29 is 9.90 Å². The Morgan fingerprint density at radius 1 is 1.42 bits per heavy atom. The summed E-state index contributed by atoms with van der Waals surface area (Å²) in [7, 11) is 0. The molecule has 1 spiro atoms. The second-order valence-corrected chi connectivity index (χ2v) is 8.91. The summed E-state index contributed by atoms with van der Waals surface area (Å²) < 4.78 is 1.79. The molecule has 2 saturated carbocycles. The molecule has 0 aliphatic heterocycles. The number of hydrogen-bond donors (Lipinski definition) is 2. The number of imidazole rings is 1. The monoisotopic (exact) mass is 356 g/mol. The van der Waals surface area contributed by atoms with E-state index < -0.39 is 5.60 Å². The fraction of sp³-hybridized carbons (Fsp3) is 0.650. The average molecular weight is 356 g/mol. The van der Waals surface area contributed by atoms with Crippen LogP contribution in [0.15, 0.2) is 12.4 Å². The topological polar surface area (TPSA) is 79.5 Å². The van der Waals surface area contributed by atoms with E-state index in [2.05, 4.69) is 22.2 Å². The highest BCUT2D eigenvalue weighted by Crippen LogP contribution is 2.59. The van der Waals surface area contributed by atoms with Gasteiger partial charge in [-0.1, -0.05) is 6.42 Å². The van der Waals surface area contributed by atoms with Gasteiger partial charge < -0.3 is 10.4 Å². The van der Waals surface area contributed by atoms with E-state index in [1.807, 2.05) is 13.0 Å². The van der Waals surface area contributed by atoms with Crippen LogP contribution in [-0.4, -0.2) is 31.4 Å². The Hall–Kier alpha value is -1.95. The van der Waals surface area contributed by atoms with Crippen LogP contribution in [0.1, 0.15) is 74.8 Å². The number of rotatable bonds is 4. The summed E-state index contributed by atoms with van der Waals surface area (Å²) in [6.07, 6.45) is 8.18. The molecule has 0 radical (unpaired) electrons. The third kappa shape index (κ3) is 2.80. The quantitative estimate of drug-likeness (QED) is 0.883. The van der Waals surface area contributed by atoms with Gasteiger partial charge in [-0.2, -0.15) is 0 Å². The van der Waals surface area contributed by atoms with Gasteiger partial charge in [0.15, 0.2) is 11.3 Å². The molecule has 0 aromatic carbocycles. The Morgan fingerprint density at radius 2 is 2.12 bits per heavy atom. The van der Waals surface area contributed by atoms with Crippen LogP contribution in [0.2, 0.25) is 0 Å². The lowest BCUT2D eigenvalue weighted by molar-refractivity contribution is -0.0366. The van der Waals surface area contributed by atoms with Gasteiger partial charge in [-0.25, -0.2) is 9.97 Å². The van der Waals surface area contributed by atoms with Gasteiger partial charge in [0.1, 0.15) is 11.9 Å². The maximum atomic E-state index is 12.8. The number of amides is 1. The molecule has 2 fully saturated rings. The highest BCUT2D eigenvalue weighted by molar-refractivity contribution is 5.98. The lowest BCUT2D eigenvalue weighted by Gasteiger charge is -2.56. The van der Waals surface area contributed by atoms with Crippen molar-refractivity contribution in [2.45, 2.75) is 71.4 Å². The Morgan fingerprint density at radius 3 is 2.69 bits per heavy atom. The molecule has 0 bridgehead atoms. The van der Waals surface area contributed by atoms with Crippen LogP contribution in [0.3, 0.4) is 0 Å². The molecule has 0 saturated heterocycles. The molecule has 26 heavy (non-hydrogen) atoms. The van der Waals surface area contributed by atoms with Crippen molar-refractivity contribution in [3.63, 3.8) is 0 Å². The molecule has 1 amide bonds. The van der Waals surface area contributed by atoms with Crippen molar-refractivity contribution in [3.05, 3.63) is 29.5 Å². The van der Waals surface area contributed by atoms with Gasteiger partial charge in [0.05, 0.1) is 5.69 Å². The lowest BCUT2D eigenvalue weighted by Crippen LogP contribution is -2.51. The smallest absolute Gasteiger partial charge is 0.274 e. The zero-order chi connectivity index (χ0) is 18.7. The number of aryl methyl sites for hydroxylation is 1. The number of fused-ring (bicyclic) bond motifs is 1. The standard InChI is InChI=1S/C20H28N4O2/c1-12-8-15(19(3,4)26)23-17-16(21-11-24(12)17)18(25)22-13(2)14-9-20(10-14)6-5-7-20/h8,11,13-14,26H,5-7,9-10H2,1-4H3,(H,22,25). The minimum absolute atomic E-state index is 0.143. The lowest BCUT2D eigenvalue weighted by atomic mass is 9.50. The number of nitrogens with zero attached hydrogens (tertiary/aromatic N) is 3. The highest BCUT2D eigenvalue weighted by Gasteiger charge is 2.49. The third-order valence-electron chi connectivity index (χ3n) is 6.41. The predicted octanol–water partition coefficient (Wildman–Crippen LogP) is 2.96. The SMILES string of the molecule is Cc1cc(C(C)(C)O)nc2c(C(=O)NC(C)C3CC4(CCC4)C3)ncn12. The van der Waals surface area contributed by atoms with Crippen molar-refractivity contribution in [2.24, 2.45) is 11.3 Å². The molecule has 1 atom stereocenters. The van der Waals surface area contributed by atoms with Crippen LogP contribution in [0.5, 0.6) is 0 Å². The van der Waals surface area contributed by atoms with Gasteiger partial charge in [-0.05, 0) is 70.8 Å². The molecule has 140 valence electrons. The second kappa shape index (κ2) is 5.78. The zero-order valence-corrected chi connectivity index (χ0v) is 16.0. The van der Waals surface area contributed by atoms with Crippen LogP contribution >= 0.6 is 0 Å². The molecule has 1 unspecified atom stereocenters. The van der Waals surface area contributed by atoms with E-state index in [-0.39, 0.29) is 11.9 Å². The predicted molar refractivity (Wildman–Crippen MR) is 98.9 cm³/mol. The van der Waals surface area contributed by atoms with Crippen molar-refractivity contribution in [1.82, 2.24) is 19.7 Å². The largest absolute Gasteiger partial charge is 0.384 e. The van der Waals surface area contributed by atoms with Gasteiger partial charge in [-0.15, -0.1) is 0 Å². The zero-order valence-electron chi connectivity index (χ0n) is 16.0. The van der Waals surface area contributed by atoms with Gasteiger partial charge in [-0.3, -0.25) is 9.20 Å². The van der Waals surface area contributed by atoms with Gasteiger partial charge >= 0.3 is 0 Å². The van der Waals surface area contributed by atoms with Crippen molar-refractivity contribution in [3.8, 4) is 0 Å². The molecule has 2 N–H and O–H groups in total. The molecule has 6 heteroatoms. The molecular weight excluding hydrogens is 328 g/mol. The molecule has 2 aliphatic rings. The normalized spacial score (nSPS) is 20.7. The first-order valence-electron chi connectivity index (χ1n) is 9.57. The van der Waals surface area contributed by atoms with E-state index >= 15 is 0 Å². The second-order valence-electron chi connectivity index (χ2n) is 8.91. The van der Waals surface area contributed by atoms with Gasteiger partial charge in [0.2, 0.25) is 0 Å². The molecule has 2 aromatic rings. The van der Waals surface area contributed by atoms with E-state index in [0.717, 1.165) is 5.69 Å². The minimum Gasteiger partial charge on any atom is -0.384 e. The summed E-state index contributed by atoms with van der Waals surface area (Å²) in [6, 6.07) is 1.97. The molecule has 4 rings (SSSR count). The van der Waals surface area contributed by atoms with E-state index in [1.165, 1.54) is 32.1 Å². The van der Waals surface area contributed by atoms with Crippen LogP contribution in [0, 0.1) is 18.3 Å². The average Bonchev–Trinajstić information content (AvgIpc) is 2.87. The Kier molecular flexibility index (Phi) is 3.88. The Balaban J connectivity index is 1.54. The molecule has 6 nitrogen and oxygen atoms in total. The number of carbonyl (C=O) groups excluding carboxylic acids is 1. The molecular formula is C20H28N4O2. The van der Waals surface area contributed by atoms with Gasteiger partial charge in [0, 0.05) is 11.7 Å².